The van der Waals surface area contributed by atoms with Crippen LogP contribution in [-0.2, 0) is 6.54 Å². The smallest absolute Gasteiger partial charge is 0.369 e. The first-order valence-electron chi connectivity index (χ1n) is 8.25. The number of aromatic nitrogens is 4. The fraction of sp³-hybridized carbons (Fsp3) is 0.294. The molecule has 3 heterocycles. The Morgan fingerprint density at radius 2 is 2.04 bits per heavy atom. The van der Waals surface area contributed by atoms with Gasteiger partial charge in [-0.05, 0) is 24.4 Å². The molecule has 0 spiro atoms. The standard InChI is InChI=1S/C17H17F3N6O/c1-2-26-8-3-11-9-12(24-13-10-21-6-7-22-13)25-15(14(11)16(26)27)23-5-4-17(18,19)20/h3,6-10H,2,4-5H2,1H3,(H2,22,23,24,25). The normalized spacial score (nSPS) is 11.6. The van der Waals surface area contributed by atoms with Gasteiger partial charge in [-0.1, -0.05) is 0 Å². The summed E-state index contributed by atoms with van der Waals surface area (Å²) in [5.41, 5.74) is -0.317. The lowest BCUT2D eigenvalue weighted by Crippen LogP contribution is -2.21. The van der Waals surface area contributed by atoms with Crippen molar-refractivity contribution in [2.45, 2.75) is 26.1 Å². The summed E-state index contributed by atoms with van der Waals surface area (Å²) in [6.07, 6.45) is 0.783. The van der Waals surface area contributed by atoms with Crippen LogP contribution in [0.2, 0.25) is 0 Å². The molecule has 0 aliphatic rings. The lowest BCUT2D eigenvalue weighted by atomic mass is 10.2. The van der Waals surface area contributed by atoms with E-state index in [9.17, 15) is 18.0 Å². The molecule has 0 amide bonds. The first-order chi connectivity index (χ1) is 12.9. The van der Waals surface area contributed by atoms with Crippen LogP contribution in [0.25, 0.3) is 10.8 Å². The number of hydrogen-bond donors (Lipinski definition) is 2. The number of nitrogens with zero attached hydrogens (tertiary/aromatic N) is 4. The molecule has 0 saturated carbocycles. The zero-order chi connectivity index (χ0) is 19.4. The van der Waals surface area contributed by atoms with E-state index in [1.807, 2.05) is 0 Å². The van der Waals surface area contributed by atoms with E-state index in [0.717, 1.165) is 0 Å². The van der Waals surface area contributed by atoms with E-state index < -0.39 is 12.6 Å². The topological polar surface area (TPSA) is 84.7 Å². The molecular formula is C17H17F3N6O. The molecule has 0 bridgehead atoms. The molecule has 3 aromatic rings. The predicted octanol–water partition coefficient (Wildman–Crippen LogP) is 3.31. The monoisotopic (exact) mass is 378 g/mol. The number of hydrogen-bond acceptors (Lipinski definition) is 6. The minimum Gasteiger partial charge on any atom is -0.369 e. The largest absolute Gasteiger partial charge is 0.390 e. The molecule has 27 heavy (non-hydrogen) atoms. The van der Waals surface area contributed by atoms with Crippen molar-refractivity contribution in [2.24, 2.45) is 0 Å². The summed E-state index contributed by atoms with van der Waals surface area (Å²) >= 11 is 0. The average Bonchev–Trinajstić information content (AvgIpc) is 2.61. The molecule has 0 aliphatic heterocycles. The predicted molar refractivity (Wildman–Crippen MR) is 96.2 cm³/mol. The maximum atomic E-state index is 12.6. The Bertz CT molecular complexity index is 988. The minimum absolute atomic E-state index is 0.0935. The number of anilines is 3. The second kappa shape index (κ2) is 7.60. The van der Waals surface area contributed by atoms with Gasteiger partial charge in [0, 0.05) is 31.7 Å². The summed E-state index contributed by atoms with van der Waals surface area (Å²) in [6.45, 7) is 1.86. The van der Waals surface area contributed by atoms with Gasteiger partial charge in [-0.3, -0.25) is 9.78 Å². The first-order valence-corrected chi connectivity index (χ1v) is 8.25. The van der Waals surface area contributed by atoms with Crippen LogP contribution in [0.5, 0.6) is 0 Å². The Labute approximate surface area is 152 Å². The van der Waals surface area contributed by atoms with Gasteiger partial charge in [-0.2, -0.15) is 13.2 Å². The molecule has 0 unspecified atom stereocenters. The van der Waals surface area contributed by atoms with Crippen LogP contribution in [0, 0.1) is 0 Å². The van der Waals surface area contributed by atoms with Gasteiger partial charge in [0.05, 0.1) is 18.0 Å². The second-order valence-corrected chi connectivity index (χ2v) is 5.73. The summed E-state index contributed by atoms with van der Waals surface area (Å²) in [7, 11) is 0. The van der Waals surface area contributed by atoms with Crippen molar-refractivity contribution in [3.8, 4) is 0 Å². The molecule has 0 aliphatic carbocycles. The maximum Gasteiger partial charge on any atom is 0.390 e. The van der Waals surface area contributed by atoms with E-state index in [-0.39, 0.29) is 23.3 Å². The highest BCUT2D eigenvalue weighted by atomic mass is 19.4. The highest BCUT2D eigenvalue weighted by Gasteiger charge is 2.26. The zero-order valence-electron chi connectivity index (χ0n) is 14.4. The Balaban J connectivity index is 2.02. The average molecular weight is 378 g/mol. The van der Waals surface area contributed by atoms with Crippen molar-refractivity contribution in [2.75, 3.05) is 17.2 Å². The molecule has 3 aromatic heterocycles. The van der Waals surface area contributed by atoms with Gasteiger partial charge in [0.25, 0.3) is 5.56 Å². The van der Waals surface area contributed by atoms with Crippen LogP contribution >= 0.6 is 0 Å². The SMILES string of the molecule is CCn1ccc2cc(Nc3cnccn3)nc(NCCC(F)(F)F)c2c1=O. The summed E-state index contributed by atoms with van der Waals surface area (Å²) in [5.74, 6) is 0.856. The summed E-state index contributed by atoms with van der Waals surface area (Å²) < 4.78 is 38.9. The van der Waals surface area contributed by atoms with E-state index in [2.05, 4.69) is 25.6 Å². The molecule has 0 atom stereocenters. The van der Waals surface area contributed by atoms with Crippen LogP contribution in [0.4, 0.5) is 30.6 Å². The third-order valence-corrected chi connectivity index (χ3v) is 3.82. The van der Waals surface area contributed by atoms with Crippen LogP contribution in [-0.4, -0.2) is 32.2 Å². The van der Waals surface area contributed by atoms with E-state index in [1.54, 1.807) is 25.3 Å². The van der Waals surface area contributed by atoms with Gasteiger partial charge in [0.2, 0.25) is 0 Å². The van der Waals surface area contributed by atoms with Crippen LogP contribution in [0.15, 0.2) is 41.7 Å². The third kappa shape index (κ3) is 4.52. The van der Waals surface area contributed by atoms with Gasteiger partial charge < -0.3 is 15.2 Å². The highest BCUT2D eigenvalue weighted by molar-refractivity contribution is 5.93. The number of halogens is 3. The Hall–Kier alpha value is -3.17. The van der Waals surface area contributed by atoms with Gasteiger partial charge >= 0.3 is 6.18 Å². The summed E-state index contributed by atoms with van der Waals surface area (Å²) in [5, 5.41) is 6.38. The van der Waals surface area contributed by atoms with E-state index >= 15 is 0 Å². The molecule has 0 radical (unpaired) electrons. The molecule has 2 N–H and O–H groups in total. The Kier molecular flexibility index (Phi) is 5.24. The van der Waals surface area contributed by atoms with Gasteiger partial charge in [-0.25, -0.2) is 9.97 Å². The maximum absolute atomic E-state index is 12.6. The molecular weight excluding hydrogens is 361 g/mol. The number of alkyl halides is 3. The molecule has 0 aromatic carbocycles. The van der Waals surface area contributed by atoms with Crippen LogP contribution in [0.1, 0.15) is 13.3 Å². The van der Waals surface area contributed by atoms with E-state index in [0.29, 0.717) is 23.6 Å². The van der Waals surface area contributed by atoms with Crippen molar-refractivity contribution < 1.29 is 13.2 Å². The quantitative estimate of drug-likeness (QED) is 0.685. The Morgan fingerprint density at radius 3 is 2.70 bits per heavy atom. The summed E-state index contributed by atoms with van der Waals surface area (Å²) in [4.78, 5) is 24.9. The highest BCUT2D eigenvalue weighted by Crippen LogP contribution is 2.25. The summed E-state index contributed by atoms with van der Waals surface area (Å²) in [6, 6.07) is 3.36. The van der Waals surface area contributed by atoms with Gasteiger partial charge in [0.15, 0.2) is 0 Å². The van der Waals surface area contributed by atoms with Gasteiger partial charge in [0.1, 0.15) is 17.5 Å². The minimum atomic E-state index is -4.30. The van der Waals surface area contributed by atoms with Crippen LogP contribution in [0.3, 0.4) is 0 Å². The zero-order valence-corrected chi connectivity index (χ0v) is 14.4. The van der Waals surface area contributed by atoms with Crippen molar-refractivity contribution in [1.82, 2.24) is 19.5 Å². The molecule has 142 valence electrons. The molecule has 7 nitrogen and oxygen atoms in total. The van der Waals surface area contributed by atoms with Gasteiger partial charge in [-0.15, -0.1) is 0 Å². The third-order valence-electron chi connectivity index (χ3n) is 3.82. The van der Waals surface area contributed by atoms with Crippen LogP contribution < -0.4 is 16.2 Å². The van der Waals surface area contributed by atoms with Crippen molar-refractivity contribution in [3.05, 3.63) is 47.3 Å². The second-order valence-electron chi connectivity index (χ2n) is 5.73. The number of nitrogens with one attached hydrogen (secondary N) is 2. The van der Waals surface area contributed by atoms with E-state index in [4.69, 9.17) is 0 Å². The number of aryl methyl sites for hydroxylation is 1. The number of pyridine rings is 2. The number of fused-ring (bicyclic) bond motifs is 1. The Morgan fingerprint density at radius 1 is 1.22 bits per heavy atom. The molecule has 3 rings (SSSR count). The molecule has 0 saturated heterocycles. The van der Waals surface area contributed by atoms with E-state index in [1.165, 1.54) is 23.2 Å². The number of rotatable bonds is 6. The first kappa shape index (κ1) is 18.6. The fourth-order valence-electron chi connectivity index (χ4n) is 2.56. The lowest BCUT2D eigenvalue weighted by molar-refractivity contribution is -0.131. The van der Waals surface area contributed by atoms with Crippen molar-refractivity contribution in [1.29, 1.82) is 0 Å². The molecule has 10 heteroatoms. The van der Waals surface area contributed by atoms with Crippen molar-refractivity contribution in [3.63, 3.8) is 0 Å². The van der Waals surface area contributed by atoms with Crippen molar-refractivity contribution >= 4 is 28.2 Å². The fourth-order valence-corrected chi connectivity index (χ4v) is 2.56. The molecule has 0 fully saturated rings. The lowest BCUT2D eigenvalue weighted by Gasteiger charge is -2.14.